The van der Waals surface area contributed by atoms with E-state index >= 15 is 0 Å². The van der Waals surface area contributed by atoms with Gasteiger partial charge in [0.2, 0.25) is 0 Å². The summed E-state index contributed by atoms with van der Waals surface area (Å²) in [5, 5.41) is 1.95. The number of anilines is 1. The molecule has 0 bridgehead atoms. The van der Waals surface area contributed by atoms with Gasteiger partial charge in [-0.25, -0.2) is 9.38 Å². The number of carbonyl (C=O) groups is 1. The molecule has 1 aliphatic heterocycles. The topological polar surface area (TPSA) is 32.7 Å². The highest BCUT2D eigenvalue weighted by Gasteiger charge is 2.32. The molecule has 0 spiro atoms. The molecule has 4 rings (SSSR count). The molecule has 0 N–H and O–H groups in total. The molecule has 0 radical (unpaired) electrons. The number of amidine groups is 1. The van der Waals surface area contributed by atoms with Crippen LogP contribution in [-0.2, 0) is 4.79 Å². The summed E-state index contributed by atoms with van der Waals surface area (Å²) in [6.07, 6.45) is 1.77. The van der Waals surface area contributed by atoms with Gasteiger partial charge in [0.1, 0.15) is 17.3 Å². The molecule has 2 heterocycles. The largest absolute Gasteiger partial charge is 0.282 e. The summed E-state index contributed by atoms with van der Waals surface area (Å²) in [6.45, 7) is 0. The highest BCUT2D eigenvalue weighted by molar-refractivity contribution is 9.10. The Hall–Kier alpha value is -2.57. The first-order chi connectivity index (χ1) is 12.6. The zero-order valence-electron chi connectivity index (χ0n) is 13.4. The van der Waals surface area contributed by atoms with E-state index in [9.17, 15) is 9.18 Å². The van der Waals surface area contributed by atoms with Crippen LogP contribution in [0.3, 0.4) is 0 Å². The maximum absolute atomic E-state index is 13.3. The first-order valence-electron chi connectivity index (χ1n) is 7.82. The van der Waals surface area contributed by atoms with Gasteiger partial charge in [-0.3, -0.25) is 9.69 Å². The Labute approximate surface area is 162 Å². The summed E-state index contributed by atoms with van der Waals surface area (Å²) in [6, 6.07) is 17.3. The van der Waals surface area contributed by atoms with Crippen LogP contribution in [0.2, 0.25) is 0 Å². The first kappa shape index (κ1) is 16.9. The SMILES string of the molecule is O=C1/C(=C\c2cccs2)N=C(c2ccc(F)cc2)N1c1ccc(Br)cc1. The second-order valence-electron chi connectivity index (χ2n) is 5.60. The van der Waals surface area contributed by atoms with Crippen molar-refractivity contribution in [2.24, 2.45) is 4.99 Å². The highest BCUT2D eigenvalue weighted by Crippen LogP contribution is 2.29. The zero-order valence-corrected chi connectivity index (χ0v) is 15.8. The van der Waals surface area contributed by atoms with E-state index in [2.05, 4.69) is 20.9 Å². The number of rotatable bonds is 3. The van der Waals surface area contributed by atoms with Crippen molar-refractivity contribution in [2.75, 3.05) is 4.90 Å². The van der Waals surface area contributed by atoms with Gasteiger partial charge in [0.05, 0.1) is 5.69 Å². The number of hydrogen-bond donors (Lipinski definition) is 0. The third-order valence-corrected chi connectivity index (χ3v) is 5.22. The van der Waals surface area contributed by atoms with Crippen molar-refractivity contribution in [2.45, 2.75) is 0 Å². The van der Waals surface area contributed by atoms with Gasteiger partial charge < -0.3 is 0 Å². The van der Waals surface area contributed by atoms with Gasteiger partial charge in [-0.05, 0) is 66.1 Å². The van der Waals surface area contributed by atoms with Crippen LogP contribution < -0.4 is 4.90 Å². The van der Waals surface area contributed by atoms with Crippen molar-refractivity contribution < 1.29 is 9.18 Å². The molecule has 3 nitrogen and oxygen atoms in total. The molecule has 0 atom stereocenters. The first-order valence-corrected chi connectivity index (χ1v) is 9.49. The molecule has 6 heteroatoms. The smallest absolute Gasteiger partial charge is 0.266 e. The van der Waals surface area contributed by atoms with Gasteiger partial charge in [-0.1, -0.05) is 22.0 Å². The molecule has 0 fully saturated rings. The van der Waals surface area contributed by atoms with Gasteiger partial charge in [0, 0.05) is 14.9 Å². The molecule has 0 unspecified atom stereocenters. The number of nitrogens with zero attached hydrogens (tertiary/aromatic N) is 2. The number of halogens is 2. The van der Waals surface area contributed by atoms with Crippen LogP contribution in [0.15, 0.2) is 81.2 Å². The van der Waals surface area contributed by atoms with Crippen LogP contribution >= 0.6 is 27.3 Å². The highest BCUT2D eigenvalue weighted by atomic mass is 79.9. The van der Waals surface area contributed by atoms with Crippen molar-refractivity contribution in [3.8, 4) is 0 Å². The summed E-state index contributed by atoms with van der Waals surface area (Å²) in [5.41, 5.74) is 1.74. The number of amides is 1. The molecule has 3 aromatic rings. The Morgan fingerprint density at radius 2 is 1.77 bits per heavy atom. The lowest BCUT2D eigenvalue weighted by molar-refractivity contribution is -0.113. The van der Waals surface area contributed by atoms with E-state index in [4.69, 9.17) is 0 Å². The third kappa shape index (κ3) is 3.25. The second-order valence-corrected chi connectivity index (χ2v) is 7.50. The Bertz CT molecular complexity index is 1010. The average Bonchev–Trinajstić information content (AvgIpc) is 3.26. The monoisotopic (exact) mass is 426 g/mol. The third-order valence-electron chi connectivity index (χ3n) is 3.87. The zero-order chi connectivity index (χ0) is 18.1. The fraction of sp³-hybridized carbons (Fsp3) is 0. The maximum Gasteiger partial charge on any atom is 0.282 e. The molecule has 128 valence electrons. The minimum absolute atomic E-state index is 0.208. The Morgan fingerprint density at radius 3 is 2.42 bits per heavy atom. The fourth-order valence-electron chi connectivity index (χ4n) is 2.65. The quantitative estimate of drug-likeness (QED) is 0.510. The van der Waals surface area contributed by atoms with E-state index in [1.54, 1.807) is 23.1 Å². The van der Waals surface area contributed by atoms with Crippen molar-refractivity contribution in [3.63, 3.8) is 0 Å². The van der Waals surface area contributed by atoms with E-state index in [0.717, 1.165) is 9.35 Å². The lowest BCUT2D eigenvalue weighted by atomic mass is 10.1. The molecule has 26 heavy (non-hydrogen) atoms. The molecule has 0 aliphatic carbocycles. The van der Waals surface area contributed by atoms with Gasteiger partial charge in [0.15, 0.2) is 0 Å². The molecule has 1 aliphatic rings. The predicted molar refractivity (Wildman–Crippen MR) is 107 cm³/mol. The van der Waals surface area contributed by atoms with Crippen LogP contribution in [0.4, 0.5) is 10.1 Å². The molecule has 1 amide bonds. The summed E-state index contributed by atoms with van der Waals surface area (Å²) in [4.78, 5) is 20.1. The van der Waals surface area contributed by atoms with Crippen molar-refractivity contribution in [1.29, 1.82) is 0 Å². The number of aliphatic imine (C=N–C) groups is 1. The standard InChI is InChI=1S/C20H12BrFN2OS/c21-14-5-9-16(10-6-14)24-19(13-3-7-15(22)8-4-13)23-18(20(24)25)12-17-2-1-11-26-17/h1-12H/b18-12+. The van der Waals surface area contributed by atoms with Gasteiger partial charge in [-0.2, -0.15) is 0 Å². The van der Waals surface area contributed by atoms with E-state index in [0.29, 0.717) is 22.8 Å². The van der Waals surface area contributed by atoms with E-state index in [-0.39, 0.29) is 11.7 Å². The average molecular weight is 427 g/mol. The summed E-state index contributed by atoms with van der Waals surface area (Å²) < 4.78 is 14.2. The lowest BCUT2D eigenvalue weighted by Gasteiger charge is -2.18. The van der Waals surface area contributed by atoms with Crippen LogP contribution in [0, 0.1) is 5.82 Å². The predicted octanol–water partition coefficient (Wildman–Crippen LogP) is 5.48. The van der Waals surface area contributed by atoms with Gasteiger partial charge in [-0.15, -0.1) is 11.3 Å². The number of benzene rings is 2. The fourth-order valence-corrected chi connectivity index (χ4v) is 3.56. The summed E-state index contributed by atoms with van der Waals surface area (Å²) >= 11 is 4.94. The number of thiophene rings is 1. The van der Waals surface area contributed by atoms with Crippen LogP contribution in [0.25, 0.3) is 6.08 Å². The minimum Gasteiger partial charge on any atom is -0.266 e. The van der Waals surface area contributed by atoms with Crippen molar-refractivity contribution in [1.82, 2.24) is 0 Å². The van der Waals surface area contributed by atoms with Crippen LogP contribution in [0.1, 0.15) is 10.4 Å². The van der Waals surface area contributed by atoms with Crippen LogP contribution in [-0.4, -0.2) is 11.7 Å². The minimum atomic E-state index is -0.330. The normalized spacial score (nSPS) is 15.6. The molecule has 0 saturated carbocycles. The van der Waals surface area contributed by atoms with Gasteiger partial charge >= 0.3 is 0 Å². The lowest BCUT2D eigenvalue weighted by Crippen LogP contribution is -2.32. The van der Waals surface area contributed by atoms with Crippen molar-refractivity contribution in [3.05, 3.63) is 92.5 Å². The summed E-state index contributed by atoms with van der Waals surface area (Å²) in [5.74, 6) is -0.0524. The second kappa shape index (κ2) is 6.97. The van der Waals surface area contributed by atoms with E-state index in [1.807, 2.05) is 41.8 Å². The Kier molecular flexibility index (Phi) is 4.53. The number of carbonyl (C=O) groups excluding carboxylic acids is 1. The molecular formula is C20H12BrFN2OS. The molecule has 1 aromatic heterocycles. The maximum atomic E-state index is 13.3. The Balaban J connectivity index is 1.82. The van der Waals surface area contributed by atoms with E-state index < -0.39 is 0 Å². The molecule has 2 aromatic carbocycles. The van der Waals surface area contributed by atoms with Crippen molar-refractivity contribution >= 4 is 50.8 Å². The summed E-state index contributed by atoms with van der Waals surface area (Å²) in [7, 11) is 0. The Morgan fingerprint density at radius 1 is 1.04 bits per heavy atom. The number of hydrogen-bond acceptors (Lipinski definition) is 3. The van der Waals surface area contributed by atoms with Crippen LogP contribution in [0.5, 0.6) is 0 Å². The molecule has 0 saturated heterocycles. The van der Waals surface area contributed by atoms with E-state index in [1.165, 1.54) is 23.5 Å². The molecular weight excluding hydrogens is 415 g/mol. The van der Waals surface area contributed by atoms with Gasteiger partial charge in [0.25, 0.3) is 5.91 Å².